The van der Waals surface area contributed by atoms with Crippen molar-refractivity contribution in [3.05, 3.63) is 46.8 Å². The molecule has 1 N–H and O–H groups in total. The van der Waals surface area contributed by atoms with E-state index in [4.69, 9.17) is 4.74 Å². The van der Waals surface area contributed by atoms with Crippen LogP contribution in [0.1, 0.15) is 19.4 Å². The van der Waals surface area contributed by atoms with Crippen LogP contribution in [0.3, 0.4) is 0 Å². The van der Waals surface area contributed by atoms with Crippen LogP contribution in [0.25, 0.3) is 10.9 Å². The standard InChI is InChI=1S/C18H19F3N2O2/c1-4-7-23-13-6-5-12-16(17(13)25-9-14(23)10(2)3)11(18(19,20)21)8-15(24)22-12/h4-6,8,10,14H,1,7,9H2,2-3H3,(H,22,24)/t14-/m0/s1. The third-order valence-electron chi connectivity index (χ3n) is 4.45. The number of pyridine rings is 1. The van der Waals surface area contributed by atoms with Crippen LogP contribution in [-0.2, 0) is 6.18 Å². The molecule has 0 radical (unpaired) electrons. The fourth-order valence-electron chi connectivity index (χ4n) is 3.27. The minimum absolute atomic E-state index is 0.0278. The average molecular weight is 352 g/mol. The lowest BCUT2D eigenvalue weighted by Crippen LogP contribution is -2.46. The SMILES string of the molecule is C=CCN1c2ccc3[nH]c(=O)cc(C(F)(F)F)c3c2OC[C@H]1C(C)C. The molecule has 1 aromatic heterocycles. The summed E-state index contributed by atoms with van der Waals surface area (Å²) in [5, 5.41) is -0.110. The van der Waals surface area contributed by atoms with E-state index in [9.17, 15) is 18.0 Å². The van der Waals surface area contributed by atoms with Gasteiger partial charge in [-0.2, -0.15) is 13.2 Å². The number of rotatable bonds is 3. The molecule has 1 atom stereocenters. The molecule has 7 heteroatoms. The van der Waals surface area contributed by atoms with E-state index in [1.165, 1.54) is 6.07 Å². The molecule has 25 heavy (non-hydrogen) atoms. The van der Waals surface area contributed by atoms with Crippen molar-refractivity contribution in [2.45, 2.75) is 26.1 Å². The molecule has 0 amide bonds. The van der Waals surface area contributed by atoms with E-state index in [1.54, 1.807) is 12.1 Å². The number of nitrogens with one attached hydrogen (secondary N) is 1. The lowest BCUT2D eigenvalue weighted by molar-refractivity contribution is -0.136. The lowest BCUT2D eigenvalue weighted by Gasteiger charge is -2.40. The second-order valence-electron chi connectivity index (χ2n) is 6.44. The topological polar surface area (TPSA) is 45.3 Å². The summed E-state index contributed by atoms with van der Waals surface area (Å²) in [6, 6.07) is 3.79. The van der Waals surface area contributed by atoms with Gasteiger partial charge in [-0.1, -0.05) is 19.9 Å². The summed E-state index contributed by atoms with van der Waals surface area (Å²) in [4.78, 5) is 16.1. The smallest absolute Gasteiger partial charge is 0.417 e. The summed E-state index contributed by atoms with van der Waals surface area (Å²) in [5.74, 6) is 0.404. The number of halogens is 3. The number of nitrogens with zero attached hydrogens (tertiary/aromatic N) is 1. The van der Waals surface area contributed by atoms with Crippen molar-refractivity contribution in [1.29, 1.82) is 0 Å². The van der Waals surface area contributed by atoms with Gasteiger partial charge in [0.1, 0.15) is 6.61 Å². The first-order chi connectivity index (χ1) is 11.7. The summed E-state index contributed by atoms with van der Waals surface area (Å²) in [7, 11) is 0. The fraction of sp³-hybridized carbons (Fsp3) is 0.389. The highest BCUT2D eigenvalue weighted by Crippen LogP contribution is 2.45. The fourth-order valence-corrected chi connectivity index (χ4v) is 3.27. The molecular formula is C18H19F3N2O2. The number of H-pyrrole nitrogens is 1. The number of fused-ring (bicyclic) bond motifs is 3. The quantitative estimate of drug-likeness (QED) is 0.851. The van der Waals surface area contributed by atoms with Gasteiger partial charge in [0.25, 0.3) is 0 Å². The van der Waals surface area contributed by atoms with E-state index in [0.717, 1.165) is 0 Å². The minimum atomic E-state index is -4.65. The van der Waals surface area contributed by atoms with E-state index in [1.807, 2.05) is 18.7 Å². The second-order valence-corrected chi connectivity index (χ2v) is 6.44. The number of aromatic nitrogens is 1. The van der Waals surface area contributed by atoms with Crippen LogP contribution in [-0.4, -0.2) is 24.2 Å². The van der Waals surface area contributed by atoms with Crippen LogP contribution in [0.15, 0.2) is 35.6 Å². The van der Waals surface area contributed by atoms with Gasteiger partial charge < -0.3 is 14.6 Å². The average Bonchev–Trinajstić information content (AvgIpc) is 2.52. The number of anilines is 1. The van der Waals surface area contributed by atoms with Gasteiger partial charge in [0.05, 0.1) is 28.2 Å². The van der Waals surface area contributed by atoms with E-state index in [0.29, 0.717) is 18.3 Å². The summed E-state index contributed by atoms with van der Waals surface area (Å²) in [5.41, 5.74) is -1.08. The van der Waals surface area contributed by atoms with E-state index < -0.39 is 17.3 Å². The van der Waals surface area contributed by atoms with Crippen molar-refractivity contribution in [1.82, 2.24) is 4.98 Å². The van der Waals surface area contributed by atoms with Crippen LogP contribution < -0.4 is 15.2 Å². The van der Waals surface area contributed by atoms with E-state index >= 15 is 0 Å². The minimum Gasteiger partial charge on any atom is -0.489 e. The van der Waals surface area contributed by atoms with Crippen molar-refractivity contribution in [2.24, 2.45) is 5.92 Å². The number of aromatic amines is 1. The van der Waals surface area contributed by atoms with E-state index in [-0.39, 0.29) is 35.2 Å². The van der Waals surface area contributed by atoms with Crippen molar-refractivity contribution in [3.63, 3.8) is 0 Å². The number of hydrogen-bond donors (Lipinski definition) is 1. The van der Waals surface area contributed by atoms with Gasteiger partial charge in [-0.05, 0) is 18.1 Å². The maximum absolute atomic E-state index is 13.5. The molecule has 0 fully saturated rings. The Morgan fingerprint density at radius 3 is 2.76 bits per heavy atom. The Morgan fingerprint density at radius 2 is 2.16 bits per heavy atom. The molecule has 2 aromatic rings. The molecule has 1 aromatic carbocycles. The third kappa shape index (κ3) is 2.99. The molecule has 1 aliphatic heterocycles. The molecular weight excluding hydrogens is 333 g/mol. The highest BCUT2D eigenvalue weighted by atomic mass is 19.4. The van der Waals surface area contributed by atoms with Gasteiger partial charge >= 0.3 is 6.18 Å². The Morgan fingerprint density at radius 1 is 1.44 bits per heavy atom. The monoisotopic (exact) mass is 352 g/mol. The molecule has 1 aliphatic rings. The Bertz CT molecular complexity index is 871. The molecule has 3 rings (SSSR count). The highest BCUT2D eigenvalue weighted by molar-refractivity contribution is 5.94. The van der Waals surface area contributed by atoms with Crippen LogP contribution in [0.4, 0.5) is 18.9 Å². The molecule has 2 heterocycles. The van der Waals surface area contributed by atoms with Gasteiger partial charge in [0.2, 0.25) is 5.56 Å². The van der Waals surface area contributed by atoms with Gasteiger partial charge in [-0.15, -0.1) is 6.58 Å². The zero-order chi connectivity index (χ0) is 18.4. The molecule has 0 saturated carbocycles. The summed E-state index contributed by atoms with van der Waals surface area (Å²) in [6.45, 7) is 8.58. The lowest BCUT2D eigenvalue weighted by atomic mass is 9.98. The summed E-state index contributed by atoms with van der Waals surface area (Å²) < 4.78 is 46.2. The number of benzene rings is 1. The van der Waals surface area contributed by atoms with Crippen LogP contribution in [0.2, 0.25) is 0 Å². The Hall–Kier alpha value is -2.44. The van der Waals surface area contributed by atoms with Crippen molar-refractivity contribution >= 4 is 16.6 Å². The normalized spacial score (nSPS) is 17.5. The van der Waals surface area contributed by atoms with Crippen LogP contribution in [0.5, 0.6) is 5.75 Å². The first-order valence-electron chi connectivity index (χ1n) is 8.01. The zero-order valence-corrected chi connectivity index (χ0v) is 14.0. The molecule has 0 bridgehead atoms. The number of ether oxygens (including phenoxy) is 1. The third-order valence-corrected chi connectivity index (χ3v) is 4.45. The first kappa shape index (κ1) is 17.4. The molecule has 0 saturated heterocycles. The molecule has 134 valence electrons. The van der Waals surface area contributed by atoms with Crippen molar-refractivity contribution in [3.8, 4) is 5.75 Å². The summed E-state index contributed by atoms with van der Waals surface area (Å²) >= 11 is 0. The maximum Gasteiger partial charge on any atom is 0.417 e. The second kappa shape index (κ2) is 6.13. The number of hydrogen-bond acceptors (Lipinski definition) is 3. The Kier molecular flexibility index (Phi) is 4.26. The van der Waals surface area contributed by atoms with Crippen molar-refractivity contribution < 1.29 is 17.9 Å². The van der Waals surface area contributed by atoms with Gasteiger partial charge in [0, 0.05) is 12.6 Å². The predicted octanol–water partition coefficient (Wildman–Crippen LogP) is 3.96. The van der Waals surface area contributed by atoms with Gasteiger partial charge in [0.15, 0.2) is 5.75 Å². The largest absolute Gasteiger partial charge is 0.489 e. The predicted molar refractivity (Wildman–Crippen MR) is 91.2 cm³/mol. The zero-order valence-electron chi connectivity index (χ0n) is 14.0. The molecule has 0 spiro atoms. The first-order valence-corrected chi connectivity index (χ1v) is 8.01. The summed E-state index contributed by atoms with van der Waals surface area (Å²) in [6.07, 6.45) is -2.94. The molecule has 0 aliphatic carbocycles. The maximum atomic E-state index is 13.5. The van der Waals surface area contributed by atoms with E-state index in [2.05, 4.69) is 11.6 Å². The Balaban J connectivity index is 2.31. The highest BCUT2D eigenvalue weighted by Gasteiger charge is 2.37. The van der Waals surface area contributed by atoms with Crippen molar-refractivity contribution in [2.75, 3.05) is 18.1 Å². The van der Waals surface area contributed by atoms with Crippen LogP contribution in [0, 0.1) is 5.92 Å². The Labute approximate surface area is 142 Å². The van der Waals surface area contributed by atoms with Gasteiger partial charge in [-0.3, -0.25) is 4.79 Å². The van der Waals surface area contributed by atoms with Gasteiger partial charge in [-0.25, -0.2) is 0 Å². The number of alkyl halides is 3. The molecule has 4 nitrogen and oxygen atoms in total. The van der Waals surface area contributed by atoms with Crippen LogP contribution >= 0.6 is 0 Å². The molecule has 0 unspecified atom stereocenters.